The number of phenolic OH excluding ortho intramolecular Hbond substituents is 1. The number of anilines is 1. The summed E-state index contributed by atoms with van der Waals surface area (Å²) in [4.78, 5) is 11.2. The smallest absolute Gasteiger partial charge is 0.335 e. The summed E-state index contributed by atoms with van der Waals surface area (Å²) in [6.07, 6.45) is 0.0486. The predicted octanol–water partition coefficient (Wildman–Crippen LogP) is 2.84. The number of phenols is 1. The predicted molar refractivity (Wildman–Crippen MR) is 135 cm³/mol. The van der Waals surface area contributed by atoms with Crippen LogP contribution in [0, 0.1) is 0 Å². The van der Waals surface area contributed by atoms with E-state index >= 15 is 0 Å². The Morgan fingerprint density at radius 2 is 1.78 bits per heavy atom. The van der Waals surface area contributed by atoms with E-state index in [4.69, 9.17) is 14.6 Å². The van der Waals surface area contributed by atoms with E-state index in [2.05, 4.69) is 10.0 Å². The molecule has 3 aromatic rings. The molecule has 0 aliphatic heterocycles. The van der Waals surface area contributed by atoms with E-state index in [1.807, 2.05) is 12.1 Å². The van der Waals surface area contributed by atoms with Crippen LogP contribution in [0.3, 0.4) is 0 Å². The molecule has 0 aliphatic carbocycles. The molecule has 0 fully saturated rings. The second kappa shape index (κ2) is 11.8. The van der Waals surface area contributed by atoms with E-state index in [1.165, 1.54) is 37.4 Å². The molecule has 10 nitrogen and oxygen atoms in total. The Kier molecular flexibility index (Phi) is 8.75. The quantitative estimate of drug-likeness (QED) is 0.181. The van der Waals surface area contributed by atoms with Gasteiger partial charge >= 0.3 is 5.97 Å². The zero-order valence-corrected chi connectivity index (χ0v) is 20.6. The summed E-state index contributed by atoms with van der Waals surface area (Å²) < 4.78 is 36.1. The topological polar surface area (TPSA) is 154 Å². The molecule has 0 heterocycles. The molecule has 192 valence electrons. The van der Waals surface area contributed by atoms with Crippen LogP contribution >= 0.6 is 0 Å². The number of ether oxygens (including phenoxy) is 2. The summed E-state index contributed by atoms with van der Waals surface area (Å²) in [6.45, 7) is 0.965. The molecule has 0 aromatic heterocycles. The van der Waals surface area contributed by atoms with Gasteiger partial charge in [-0.25, -0.2) is 13.2 Å². The van der Waals surface area contributed by atoms with Crippen molar-refractivity contribution in [2.45, 2.75) is 6.10 Å². The highest BCUT2D eigenvalue weighted by molar-refractivity contribution is 7.92. The highest BCUT2D eigenvalue weighted by atomic mass is 32.2. The monoisotopic (exact) mass is 516 g/mol. The summed E-state index contributed by atoms with van der Waals surface area (Å²) in [5.74, 6) is -0.169. The maximum Gasteiger partial charge on any atom is 0.335 e. The van der Waals surface area contributed by atoms with Crippen molar-refractivity contribution in [3.63, 3.8) is 0 Å². The lowest BCUT2D eigenvalue weighted by molar-refractivity contribution is 0.0696. The molecular weight excluding hydrogens is 488 g/mol. The van der Waals surface area contributed by atoms with Crippen LogP contribution < -0.4 is 19.5 Å². The number of carboxylic acid groups (broad SMARTS) is 1. The summed E-state index contributed by atoms with van der Waals surface area (Å²) in [5, 5.41) is 32.4. The van der Waals surface area contributed by atoms with E-state index in [-0.39, 0.29) is 23.5 Å². The zero-order chi connectivity index (χ0) is 26.3. The molecule has 1 atom stereocenters. The number of carbonyl (C=O) groups is 1. The van der Waals surface area contributed by atoms with E-state index in [0.29, 0.717) is 30.2 Å². The number of rotatable bonds is 12. The van der Waals surface area contributed by atoms with E-state index in [1.54, 1.807) is 18.2 Å². The third kappa shape index (κ3) is 7.35. The highest BCUT2D eigenvalue weighted by Gasteiger charge is 2.13. The number of aromatic carboxylic acids is 1. The maximum atomic E-state index is 11.4. The first-order chi connectivity index (χ1) is 17.1. The lowest BCUT2D eigenvalue weighted by Crippen LogP contribution is -2.26. The molecule has 11 heteroatoms. The lowest BCUT2D eigenvalue weighted by Gasteiger charge is -2.15. The van der Waals surface area contributed by atoms with Crippen LogP contribution in [0.4, 0.5) is 5.69 Å². The fraction of sp³-hybridized carbons (Fsp3) is 0.240. The van der Waals surface area contributed by atoms with E-state index in [0.717, 1.165) is 17.4 Å². The van der Waals surface area contributed by atoms with Gasteiger partial charge in [-0.1, -0.05) is 18.2 Å². The van der Waals surface area contributed by atoms with Crippen molar-refractivity contribution in [3.05, 3.63) is 71.8 Å². The second-order valence-electron chi connectivity index (χ2n) is 7.96. The number of aliphatic hydroxyl groups excluding tert-OH is 1. The van der Waals surface area contributed by atoms with Crippen molar-refractivity contribution < 1.29 is 38.0 Å². The first kappa shape index (κ1) is 26.8. The van der Waals surface area contributed by atoms with Gasteiger partial charge in [-0.3, -0.25) is 4.72 Å². The van der Waals surface area contributed by atoms with Gasteiger partial charge in [-0.05, 0) is 53.6 Å². The molecule has 0 saturated carbocycles. The number of benzene rings is 3. The van der Waals surface area contributed by atoms with Gasteiger partial charge in [0.2, 0.25) is 10.0 Å². The average molecular weight is 517 g/mol. The minimum absolute atomic E-state index is 0.00345. The number of hydrogen-bond acceptors (Lipinski definition) is 8. The van der Waals surface area contributed by atoms with E-state index < -0.39 is 22.1 Å². The molecule has 0 saturated heterocycles. The third-order valence-electron chi connectivity index (χ3n) is 5.20. The molecule has 3 rings (SSSR count). The number of nitrogens with one attached hydrogen (secondary N) is 2. The normalized spacial score (nSPS) is 12.1. The molecule has 5 N–H and O–H groups in total. The van der Waals surface area contributed by atoms with Crippen LogP contribution in [0.25, 0.3) is 11.1 Å². The van der Waals surface area contributed by atoms with Crippen molar-refractivity contribution in [1.29, 1.82) is 0 Å². The summed E-state index contributed by atoms with van der Waals surface area (Å²) in [6, 6.07) is 16.2. The standard InChI is InChI=1S/C25H28N2O8S/c1-34-24-14-18(25(30)31)5-9-20(24)16-3-7-19(8-4-16)35-12-11-26-15-23(29)17-6-10-22(28)21(13-17)27-36(2,32)33/h3-10,13-14,23,26-29H,11-12,15H2,1-2H3,(H,30,31). The van der Waals surface area contributed by atoms with Gasteiger partial charge < -0.3 is 30.1 Å². The van der Waals surface area contributed by atoms with Crippen molar-refractivity contribution in [2.75, 3.05) is 37.8 Å². The highest BCUT2D eigenvalue weighted by Crippen LogP contribution is 2.32. The molecule has 0 amide bonds. The fourth-order valence-electron chi connectivity index (χ4n) is 3.43. The first-order valence-corrected chi connectivity index (χ1v) is 12.8. The number of hydrogen-bond donors (Lipinski definition) is 5. The van der Waals surface area contributed by atoms with Crippen LogP contribution in [0.1, 0.15) is 22.0 Å². The van der Waals surface area contributed by atoms with Gasteiger partial charge in [0, 0.05) is 18.7 Å². The molecule has 0 bridgehead atoms. The van der Waals surface area contributed by atoms with Crippen molar-refractivity contribution in [1.82, 2.24) is 5.32 Å². The Balaban J connectivity index is 1.50. The number of aliphatic hydroxyl groups is 1. The molecule has 0 radical (unpaired) electrons. The summed E-state index contributed by atoms with van der Waals surface area (Å²) >= 11 is 0. The molecule has 0 spiro atoms. The molecular formula is C25H28N2O8S. The largest absolute Gasteiger partial charge is 0.506 e. The Bertz CT molecular complexity index is 1310. The van der Waals surface area contributed by atoms with Crippen molar-refractivity contribution in [2.24, 2.45) is 0 Å². The number of methoxy groups -OCH3 is 1. The van der Waals surface area contributed by atoms with Crippen molar-refractivity contribution >= 4 is 21.7 Å². The van der Waals surface area contributed by atoms with Crippen LogP contribution in [0.2, 0.25) is 0 Å². The van der Waals surface area contributed by atoms with Crippen molar-refractivity contribution in [3.8, 4) is 28.4 Å². The number of aromatic hydroxyl groups is 1. The number of sulfonamides is 1. The van der Waals surface area contributed by atoms with E-state index in [9.17, 15) is 23.4 Å². The van der Waals surface area contributed by atoms with Crippen LogP contribution in [-0.4, -0.2) is 62.8 Å². The first-order valence-electron chi connectivity index (χ1n) is 10.9. The average Bonchev–Trinajstić information content (AvgIpc) is 2.84. The van der Waals surface area contributed by atoms with Crippen LogP contribution in [0.15, 0.2) is 60.7 Å². The molecule has 3 aromatic carbocycles. The minimum atomic E-state index is -3.57. The summed E-state index contributed by atoms with van der Waals surface area (Å²) in [5.41, 5.74) is 2.18. The van der Waals surface area contributed by atoms with Gasteiger partial charge in [-0.15, -0.1) is 0 Å². The third-order valence-corrected chi connectivity index (χ3v) is 5.79. The van der Waals surface area contributed by atoms with Gasteiger partial charge in [-0.2, -0.15) is 0 Å². The SMILES string of the molecule is COc1cc(C(=O)O)ccc1-c1ccc(OCCNCC(O)c2ccc(O)c(NS(C)(=O)=O)c2)cc1. The number of carboxylic acids is 1. The Morgan fingerprint density at radius 3 is 2.42 bits per heavy atom. The van der Waals surface area contributed by atoms with Gasteiger partial charge in [0.1, 0.15) is 23.9 Å². The minimum Gasteiger partial charge on any atom is -0.506 e. The van der Waals surface area contributed by atoms with Gasteiger partial charge in [0.25, 0.3) is 0 Å². The second-order valence-corrected chi connectivity index (χ2v) is 9.71. The lowest BCUT2D eigenvalue weighted by atomic mass is 10.0. The van der Waals surface area contributed by atoms with Crippen LogP contribution in [-0.2, 0) is 10.0 Å². The zero-order valence-electron chi connectivity index (χ0n) is 19.8. The van der Waals surface area contributed by atoms with Crippen LogP contribution in [0.5, 0.6) is 17.2 Å². The Labute approximate surface area is 209 Å². The van der Waals surface area contributed by atoms with Gasteiger partial charge in [0.05, 0.1) is 30.7 Å². The van der Waals surface area contributed by atoms with Gasteiger partial charge in [0.15, 0.2) is 0 Å². The molecule has 1 unspecified atom stereocenters. The maximum absolute atomic E-state index is 11.4. The fourth-order valence-corrected chi connectivity index (χ4v) is 4.00. The Hall–Kier alpha value is -3.80. The Morgan fingerprint density at radius 1 is 1.06 bits per heavy atom. The molecule has 36 heavy (non-hydrogen) atoms. The molecule has 0 aliphatic rings. The summed E-state index contributed by atoms with van der Waals surface area (Å²) in [7, 11) is -2.09.